The van der Waals surface area contributed by atoms with Crippen LogP contribution in [-0.2, 0) is 0 Å². The van der Waals surface area contributed by atoms with Crippen molar-refractivity contribution in [3.05, 3.63) is 24.0 Å². The average Bonchev–Trinajstić information content (AvgIpc) is 2.36. The van der Waals surface area contributed by atoms with Gasteiger partial charge in [0.05, 0.1) is 0 Å². The highest BCUT2D eigenvalue weighted by atomic mass is 16.1. The van der Waals surface area contributed by atoms with Gasteiger partial charge in [-0.15, -0.1) is 0 Å². The van der Waals surface area contributed by atoms with Crippen LogP contribution in [0.2, 0.25) is 0 Å². The Morgan fingerprint density at radius 2 is 2.17 bits per heavy atom. The monoisotopic (exact) mass is 249 g/mol. The number of nitrogens with one attached hydrogen (secondary N) is 1. The van der Waals surface area contributed by atoms with E-state index < -0.39 is 0 Å². The summed E-state index contributed by atoms with van der Waals surface area (Å²) in [6.45, 7) is 4.29. The summed E-state index contributed by atoms with van der Waals surface area (Å²) < 4.78 is 0. The van der Waals surface area contributed by atoms with Gasteiger partial charge in [-0.25, -0.2) is 0 Å². The molecule has 0 aromatic carbocycles. The number of amides is 1. The van der Waals surface area contributed by atoms with Gasteiger partial charge < -0.3 is 11.1 Å². The number of hydrogen-bond acceptors (Lipinski definition) is 3. The molecule has 0 saturated heterocycles. The zero-order valence-electron chi connectivity index (χ0n) is 11.3. The number of hydrogen-bond donors (Lipinski definition) is 2. The smallest absolute Gasteiger partial charge is 0.270 e. The average molecular weight is 249 g/mol. The number of carbonyl (C=O) groups excluding carboxylic acids is 1. The van der Waals surface area contributed by atoms with E-state index in [1.54, 1.807) is 18.3 Å². The molecule has 1 aromatic rings. The van der Waals surface area contributed by atoms with E-state index in [0.717, 1.165) is 32.1 Å². The molecular weight excluding hydrogens is 226 g/mol. The fourth-order valence-electron chi connectivity index (χ4n) is 1.92. The number of rotatable bonds is 7. The van der Waals surface area contributed by atoms with Crippen LogP contribution in [0.1, 0.15) is 56.4 Å². The molecule has 1 rings (SSSR count). The van der Waals surface area contributed by atoms with Crippen LogP contribution >= 0.6 is 0 Å². The van der Waals surface area contributed by atoms with Gasteiger partial charge in [0, 0.05) is 17.9 Å². The quantitative estimate of drug-likeness (QED) is 0.780. The Morgan fingerprint density at radius 3 is 2.78 bits per heavy atom. The molecule has 3 N–H and O–H groups in total. The predicted octanol–water partition coefficient (Wildman–Crippen LogP) is 2.75. The van der Waals surface area contributed by atoms with E-state index in [2.05, 4.69) is 24.1 Å². The molecule has 4 nitrogen and oxygen atoms in total. The number of nitrogens with two attached hydrogens (primary N) is 1. The lowest BCUT2D eigenvalue weighted by Crippen LogP contribution is -2.35. The van der Waals surface area contributed by atoms with Crippen LogP contribution in [0.3, 0.4) is 0 Å². The molecule has 0 spiro atoms. The zero-order valence-corrected chi connectivity index (χ0v) is 11.3. The maximum Gasteiger partial charge on any atom is 0.270 e. The molecule has 1 aromatic heterocycles. The first-order valence-electron chi connectivity index (χ1n) is 6.69. The predicted molar refractivity (Wildman–Crippen MR) is 74.3 cm³/mol. The first-order chi connectivity index (χ1) is 8.67. The van der Waals surface area contributed by atoms with Gasteiger partial charge >= 0.3 is 0 Å². The van der Waals surface area contributed by atoms with Crippen molar-refractivity contribution in [2.45, 2.75) is 52.0 Å². The molecule has 4 heteroatoms. The minimum absolute atomic E-state index is 0.128. The van der Waals surface area contributed by atoms with Crippen LogP contribution in [0.25, 0.3) is 0 Å². The van der Waals surface area contributed by atoms with Crippen molar-refractivity contribution in [2.24, 2.45) is 0 Å². The SMILES string of the molecule is CCCCC(CCC)NC(=O)c1cc(N)ccn1. The Hall–Kier alpha value is -1.58. The molecule has 0 aliphatic rings. The maximum absolute atomic E-state index is 12.0. The van der Waals surface area contributed by atoms with Gasteiger partial charge in [0.25, 0.3) is 5.91 Å². The van der Waals surface area contributed by atoms with E-state index in [-0.39, 0.29) is 11.9 Å². The standard InChI is InChI=1S/C14H23N3O/c1-3-5-7-12(6-4-2)17-14(18)13-10-11(15)8-9-16-13/h8-10,12H,3-7H2,1-2H3,(H2,15,16)(H,17,18). The van der Waals surface area contributed by atoms with Crippen molar-refractivity contribution in [1.29, 1.82) is 0 Å². The number of pyridine rings is 1. The lowest BCUT2D eigenvalue weighted by Gasteiger charge is -2.17. The minimum Gasteiger partial charge on any atom is -0.399 e. The molecule has 1 atom stereocenters. The summed E-state index contributed by atoms with van der Waals surface area (Å²) in [5, 5.41) is 3.04. The molecule has 1 unspecified atom stereocenters. The van der Waals surface area contributed by atoms with Gasteiger partial charge in [0.2, 0.25) is 0 Å². The molecule has 0 fully saturated rings. The van der Waals surface area contributed by atoms with E-state index in [1.165, 1.54) is 0 Å². The van der Waals surface area contributed by atoms with E-state index >= 15 is 0 Å². The summed E-state index contributed by atoms with van der Waals surface area (Å²) in [5.74, 6) is -0.128. The third kappa shape index (κ3) is 4.73. The second kappa shape index (κ2) is 7.69. The third-order valence-corrected chi connectivity index (χ3v) is 2.90. The van der Waals surface area contributed by atoms with Crippen LogP contribution in [0.5, 0.6) is 0 Å². The van der Waals surface area contributed by atoms with Crippen molar-refractivity contribution in [3.8, 4) is 0 Å². The van der Waals surface area contributed by atoms with Gasteiger partial charge in [0.1, 0.15) is 5.69 Å². The molecule has 0 saturated carbocycles. The van der Waals surface area contributed by atoms with Crippen molar-refractivity contribution >= 4 is 11.6 Å². The number of anilines is 1. The first kappa shape index (κ1) is 14.5. The summed E-state index contributed by atoms with van der Waals surface area (Å²) in [7, 11) is 0. The Kier molecular flexibility index (Phi) is 6.19. The highest BCUT2D eigenvalue weighted by Crippen LogP contribution is 2.09. The van der Waals surface area contributed by atoms with Crippen LogP contribution in [0.15, 0.2) is 18.3 Å². The van der Waals surface area contributed by atoms with Crippen LogP contribution in [0.4, 0.5) is 5.69 Å². The van der Waals surface area contributed by atoms with Crippen molar-refractivity contribution < 1.29 is 4.79 Å². The summed E-state index contributed by atoms with van der Waals surface area (Å²) in [6, 6.07) is 3.53. The second-order valence-electron chi connectivity index (χ2n) is 4.58. The normalized spacial score (nSPS) is 12.1. The number of carbonyl (C=O) groups is 1. The first-order valence-corrected chi connectivity index (χ1v) is 6.69. The maximum atomic E-state index is 12.0. The third-order valence-electron chi connectivity index (χ3n) is 2.90. The van der Waals surface area contributed by atoms with E-state index in [4.69, 9.17) is 5.73 Å². The fraction of sp³-hybridized carbons (Fsp3) is 0.571. The second-order valence-corrected chi connectivity index (χ2v) is 4.58. The van der Waals surface area contributed by atoms with Gasteiger partial charge in [-0.2, -0.15) is 0 Å². The fourth-order valence-corrected chi connectivity index (χ4v) is 1.92. The largest absolute Gasteiger partial charge is 0.399 e. The lowest BCUT2D eigenvalue weighted by molar-refractivity contribution is 0.0927. The van der Waals surface area contributed by atoms with Gasteiger partial charge in [-0.3, -0.25) is 9.78 Å². The highest BCUT2D eigenvalue weighted by Gasteiger charge is 2.13. The van der Waals surface area contributed by atoms with Crippen LogP contribution in [0, 0.1) is 0 Å². The Bertz CT molecular complexity index is 379. The molecule has 100 valence electrons. The van der Waals surface area contributed by atoms with Crippen molar-refractivity contribution in [1.82, 2.24) is 10.3 Å². The van der Waals surface area contributed by atoms with E-state index in [1.807, 2.05) is 0 Å². The molecule has 1 heterocycles. The van der Waals surface area contributed by atoms with Crippen molar-refractivity contribution in [2.75, 3.05) is 5.73 Å². The summed E-state index contributed by atoms with van der Waals surface area (Å²) in [5.41, 5.74) is 6.61. The summed E-state index contributed by atoms with van der Waals surface area (Å²) >= 11 is 0. The Labute approximate surface area is 109 Å². The minimum atomic E-state index is -0.128. The van der Waals surface area contributed by atoms with Gasteiger partial charge in [-0.05, 0) is 25.0 Å². The van der Waals surface area contributed by atoms with Crippen molar-refractivity contribution in [3.63, 3.8) is 0 Å². The van der Waals surface area contributed by atoms with Crippen LogP contribution < -0.4 is 11.1 Å². The summed E-state index contributed by atoms with van der Waals surface area (Å²) in [6.07, 6.45) is 6.94. The van der Waals surface area contributed by atoms with Crippen LogP contribution in [-0.4, -0.2) is 16.9 Å². The van der Waals surface area contributed by atoms with Gasteiger partial charge in [-0.1, -0.05) is 33.1 Å². The number of unbranched alkanes of at least 4 members (excludes halogenated alkanes) is 1. The topological polar surface area (TPSA) is 68.0 Å². The van der Waals surface area contributed by atoms with E-state index in [0.29, 0.717) is 11.4 Å². The molecule has 0 aliphatic carbocycles. The molecular formula is C14H23N3O. The number of nitrogens with zero attached hydrogens (tertiary/aromatic N) is 1. The molecule has 0 aliphatic heterocycles. The molecule has 1 amide bonds. The molecule has 0 bridgehead atoms. The Morgan fingerprint density at radius 1 is 1.39 bits per heavy atom. The van der Waals surface area contributed by atoms with E-state index in [9.17, 15) is 4.79 Å². The lowest BCUT2D eigenvalue weighted by atomic mass is 10.0. The summed E-state index contributed by atoms with van der Waals surface area (Å²) in [4.78, 5) is 16.1. The van der Waals surface area contributed by atoms with Gasteiger partial charge in [0.15, 0.2) is 0 Å². The number of aromatic nitrogens is 1. The zero-order chi connectivity index (χ0) is 13.4. The highest BCUT2D eigenvalue weighted by molar-refractivity contribution is 5.93. The molecule has 18 heavy (non-hydrogen) atoms. The molecule has 0 radical (unpaired) electrons. The number of nitrogen functional groups attached to an aromatic ring is 1. The Balaban J connectivity index is 2.59.